The predicted molar refractivity (Wildman–Crippen MR) is 136 cm³/mol. The Hall–Kier alpha value is -2.95. The van der Waals surface area contributed by atoms with E-state index >= 15 is 0 Å². The normalized spacial score (nSPS) is 14.9. The number of nitrogens with one attached hydrogen (secondary N) is 2. The van der Waals surface area contributed by atoms with Crippen molar-refractivity contribution in [2.45, 2.75) is 78.4 Å². The molecule has 5 nitrogen and oxygen atoms in total. The number of rotatable bonds is 8. The van der Waals surface area contributed by atoms with E-state index in [1.807, 2.05) is 39.1 Å². The summed E-state index contributed by atoms with van der Waals surface area (Å²) >= 11 is 0. The van der Waals surface area contributed by atoms with Crippen LogP contribution in [-0.4, -0.2) is 25.1 Å². The highest BCUT2D eigenvalue weighted by atomic mass is 16.5. The zero-order valence-electron chi connectivity index (χ0n) is 20.8. The summed E-state index contributed by atoms with van der Waals surface area (Å²) in [5, 5.41) is 6.24. The van der Waals surface area contributed by atoms with Crippen LogP contribution in [-0.2, 0) is 6.42 Å². The summed E-state index contributed by atoms with van der Waals surface area (Å²) in [5.41, 5.74) is 12.9. The molecule has 0 aliphatic heterocycles. The smallest absolute Gasteiger partial charge is 0.255 e. The molecule has 0 bridgehead atoms. The van der Waals surface area contributed by atoms with Crippen LogP contribution in [0.5, 0.6) is 5.75 Å². The molecule has 2 aromatic carbocycles. The highest BCUT2D eigenvalue weighted by Gasteiger charge is 2.23. The lowest BCUT2D eigenvalue weighted by Crippen LogP contribution is -2.36. The molecule has 0 spiro atoms. The second-order valence-corrected chi connectivity index (χ2v) is 9.40. The van der Waals surface area contributed by atoms with Crippen LogP contribution in [0.25, 0.3) is 5.70 Å². The molecule has 1 aliphatic rings. The summed E-state index contributed by atoms with van der Waals surface area (Å²) in [6.07, 6.45) is 8.27. The Balaban J connectivity index is 1.91. The van der Waals surface area contributed by atoms with E-state index in [0.717, 1.165) is 36.0 Å². The molecule has 5 heteroatoms. The first-order chi connectivity index (χ1) is 15.8. The number of nitrogens with two attached hydrogens (primary N) is 1. The Morgan fingerprint density at radius 3 is 2.39 bits per heavy atom. The SMILES string of the molecule is CN/C=C(\N)c1ccc(Cc2cc(C(=O)NC3CCCCC3)c(OC(C)C)c(C)c2C)cc1. The number of carbonyl (C=O) groups is 1. The minimum atomic E-state index is -0.0257. The lowest BCUT2D eigenvalue weighted by Gasteiger charge is -2.25. The van der Waals surface area contributed by atoms with Crippen molar-refractivity contribution in [1.29, 1.82) is 0 Å². The lowest BCUT2D eigenvalue weighted by molar-refractivity contribution is 0.0921. The van der Waals surface area contributed by atoms with E-state index in [9.17, 15) is 4.79 Å². The summed E-state index contributed by atoms with van der Waals surface area (Å²) in [6.45, 7) is 8.17. The van der Waals surface area contributed by atoms with Gasteiger partial charge in [0.05, 0.1) is 17.4 Å². The van der Waals surface area contributed by atoms with E-state index in [1.54, 1.807) is 6.20 Å². The average molecular weight is 450 g/mol. The summed E-state index contributed by atoms with van der Waals surface area (Å²) < 4.78 is 6.15. The van der Waals surface area contributed by atoms with Crippen LogP contribution in [0.2, 0.25) is 0 Å². The third-order valence-corrected chi connectivity index (χ3v) is 6.47. The third-order valence-electron chi connectivity index (χ3n) is 6.47. The molecule has 1 fully saturated rings. The zero-order valence-corrected chi connectivity index (χ0v) is 20.8. The molecule has 0 saturated heterocycles. The van der Waals surface area contributed by atoms with Crippen LogP contribution in [0, 0.1) is 13.8 Å². The third kappa shape index (κ3) is 6.31. The van der Waals surface area contributed by atoms with E-state index in [4.69, 9.17) is 10.5 Å². The Morgan fingerprint density at radius 2 is 1.79 bits per heavy atom. The van der Waals surface area contributed by atoms with Crippen molar-refractivity contribution in [2.75, 3.05) is 7.05 Å². The molecule has 0 aromatic heterocycles. The highest BCUT2D eigenvalue weighted by Crippen LogP contribution is 2.32. The number of amides is 1. The van der Waals surface area contributed by atoms with Gasteiger partial charge in [-0.15, -0.1) is 0 Å². The van der Waals surface area contributed by atoms with Gasteiger partial charge in [0.15, 0.2) is 0 Å². The summed E-state index contributed by atoms with van der Waals surface area (Å²) in [4.78, 5) is 13.3. The second kappa shape index (κ2) is 11.3. The van der Waals surface area contributed by atoms with Crippen molar-refractivity contribution >= 4 is 11.6 Å². The molecule has 0 heterocycles. The quantitative estimate of drug-likeness (QED) is 0.516. The molecular formula is C28H39N3O2. The van der Waals surface area contributed by atoms with Crippen molar-refractivity contribution in [3.63, 3.8) is 0 Å². The van der Waals surface area contributed by atoms with Crippen LogP contribution >= 0.6 is 0 Å². The molecule has 1 aliphatic carbocycles. The highest BCUT2D eigenvalue weighted by molar-refractivity contribution is 5.98. The molecule has 4 N–H and O–H groups in total. The predicted octanol–water partition coefficient (Wildman–Crippen LogP) is 5.22. The maximum Gasteiger partial charge on any atom is 0.255 e. The van der Waals surface area contributed by atoms with Gasteiger partial charge in [0, 0.05) is 19.3 Å². The fraction of sp³-hybridized carbons (Fsp3) is 0.464. The first-order valence-corrected chi connectivity index (χ1v) is 12.1. The fourth-order valence-electron chi connectivity index (χ4n) is 4.48. The fourth-order valence-corrected chi connectivity index (χ4v) is 4.48. The summed E-state index contributed by atoms with van der Waals surface area (Å²) in [7, 11) is 1.83. The van der Waals surface area contributed by atoms with E-state index in [1.165, 1.54) is 30.4 Å². The Kier molecular flexibility index (Phi) is 8.43. The summed E-state index contributed by atoms with van der Waals surface area (Å²) in [5.74, 6) is 0.683. The molecular weight excluding hydrogens is 410 g/mol. The van der Waals surface area contributed by atoms with Crippen LogP contribution < -0.4 is 21.1 Å². The zero-order chi connectivity index (χ0) is 24.0. The minimum absolute atomic E-state index is 0.00107. The van der Waals surface area contributed by atoms with Crippen molar-refractivity contribution in [2.24, 2.45) is 5.73 Å². The monoisotopic (exact) mass is 449 g/mol. The van der Waals surface area contributed by atoms with Crippen LogP contribution in [0.15, 0.2) is 36.5 Å². The lowest BCUT2D eigenvalue weighted by atomic mass is 9.92. The van der Waals surface area contributed by atoms with Crippen molar-refractivity contribution in [1.82, 2.24) is 10.6 Å². The number of carbonyl (C=O) groups excluding carboxylic acids is 1. The topological polar surface area (TPSA) is 76.4 Å². The average Bonchev–Trinajstić information content (AvgIpc) is 2.79. The number of hydrogen-bond donors (Lipinski definition) is 3. The minimum Gasteiger partial charge on any atom is -0.490 e. The molecule has 0 atom stereocenters. The molecule has 178 valence electrons. The van der Waals surface area contributed by atoms with E-state index in [-0.39, 0.29) is 18.1 Å². The van der Waals surface area contributed by atoms with Crippen molar-refractivity contribution in [3.8, 4) is 5.75 Å². The van der Waals surface area contributed by atoms with Crippen LogP contribution in [0.3, 0.4) is 0 Å². The largest absolute Gasteiger partial charge is 0.490 e. The van der Waals surface area contributed by atoms with Crippen molar-refractivity contribution in [3.05, 3.63) is 69.9 Å². The van der Waals surface area contributed by atoms with Gasteiger partial charge >= 0.3 is 0 Å². The Labute approximate surface area is 198 Å². The van der Waals surface area contributed by atoms with Gasteiger partial charge in [-0.2, -0.15) is 0 Å². The van der Waals surface area contributed by atoms with E-state index in [2.05, 4.69) is 36.6 Å². The molecule has 1 saturated carbocycles. The Morgan fingerprint density at radius 1 is 1.12 bits per heavy atom. The number of benzene rings is 2. The molecule has 3 rings (SSSR count). The first-order valence-electron chi connectivity index (χ1n) is 12.1. The van der Waals surface area contributed by atoms with Crippen molar-refractivity contribution < 1.29 is 9.53 Å². The van der Waals surface area contributed by atoms with Gasteiger partial charge in [-0.3, -0.25) is 4.79 Å². The van der Waals surface area contributed by atoms with Crippen LogP contribution in [0.1, 0.15) is 84.1 Å². The molecule has 2 aromatic rings. The maximum absolute atomic E-state index is 13.3. The van der Waals surface area contributed by atoms with Crippen LogP contribution in [0.4, 0.5) is 0 Å². The Bertz CT molecular complexity index is 987. The first kappa shape index (κ1) is 24.7. The van der Waals surface area contributed by atoms with Gasteiger partial charge in [-0.1, -0.05) is 43.5 Å². The van der Waals surface area contributed by atoms with Gasteiger partial charge in [-0.25, -0.2) is 0 Å². The second-order valence-electron chi connectivity index (χ2n) is 9.40. The standard InChI is InChI=1S/C28H39N3O2/c1-18(2)33-27-20(4)19(3)23(15-21-11-13-22(14-12-21)26(29)17-30-5)16-25(27)28(32)31-24-9-7-6-8-10-24/h11-14,16-18,24,30H,6-10,15,29H2,1-5H3,(H,31,32)/b26-17-. The van der Waals surface area contributed by atoms with Gasteiger partial charge < -0.3 is 21.1 Å². The maximum atomic E-state index is 13.3. The molecule has 1 amide bonds. The molecule has 33 heavy (non-hydrogen) atoms. The number of ether oxygens (including phenoxy) is 1. The van der Waals surface area contributed by atoms with Gasteiger partial charge in [0.2, 0.25) is 0 Å². The number of hydrogen-bond acceptors (Lipinski definition) is 4. The van der Waals surface area contributed by atoms with Gasteiger partial charge in [-0.05, 0) is 80.8 Å². The molecule has 0 radical (unpaired) electrons. The molecule has 0 unspecified atom stereocenters. The van der Waals surface area contributed by atoms with E-state index < -0.39 is 0 Å². The summed E-state index contributed by atoms with van der Waals surface area (Å²) in [6, 6.07) is 10.6. The van der Waals surface area contributed by atoms with Gasteiger partial charge in [0.1, 0.15) is 5.75 Å². The van der Waals surface area contributed by atoms with Gasteiger partial charge in [0.25, 0.3) is 5.91 Å². The van der Waals surface area contributed by atoms with E-state index in [0.29, 0.717) is 17.0 Å².